The second-order valence-electron chi connectivity index (χ2n) is 5.66. The van der Waals surface area contributed by atoms with Crippen molar-refractivity contribution < 1.29 is 27.4 Å². The molecule has 28 heavy (non-hydrogen) atoms. The number of aliphatic imine (C=N–C) groups is 1. The molecule has 0 atom stereocenters. The fourth-order valence-corrected chi connectivity index (χ4v) is 2.32. The Morgan fingerprint density at radius 3 is 2.36 bits per heavy atom. The van der Waals surface area contributed by atoms with Gasteiger partial charge in [0, 0.05) is 6.54 Å². The van der Waals surface area contributed by atoms with Gasteiger partial charge < -0.3 is 25.3 Å². The largest absolute Gasteiger partial charge is 0.573 e. The van der Waals surface area contributed by atoms with E-state index in [1.807, 2.05) is 19.1 Å². The molecule has 0 saturated carbocycles. The number of nitrogens with zero attached hydrogens (tertiary/aromatic N) is 1. The molecule has 6 nitrogen and oxygen atoms in total. The third-order valence-corrected chi connectivity index (χ3v) is 3.59. The zero-order chi connectivity index (χ0) is 20.6. The van der Waals surface area contributed by atoms with Gasteiger partial charge in [-0.2, -0.15) is 0 Å². The van der Waals surface area contributed by atoms with E-state index < -0.39 is 6.36 Å². The molecule has 0 spiro atoms. The summed E-state index contributed by atoms with van der Waals surface area (Å²) in [6.07, 6.45) is -4.71. The number of guanidine groups is 1. The molecule has 0 radical (unpaired) electrons. The Morgan fingerprint density at radius 1 is 1.07 bits per heavy atom. The molecule has 0 heterocycles. The van der Waals surface area contributed by atoms with Gasteiger partial charge in [0.15, 0.2) is 17.5 Å². The molecule has 0 aliphatic heterocycles. The third-order valence-electron chi connectivity index (χ3n) is 3.59. The molecule has 0 fully saturated rings. The van der Waals surface area contributed by atoms with Gasteiger partial charge in [0.2, 0.25) is 0 Å². The minimum atomic E-state index is -4.71. The number of methoxy groups -OCH3 is 1. The average molecular weight is 397 g/mol. The number of alkyl halides is 3. The zero-order valence-corrected chi connectivity index (χ0v) is 15.5. The maximum Gasteiger partial charge on any atom is 0.573 e. The van der Waals surface area contributed by atoms with Crippen LogP contribution in [0, 0.1) is 0 Å². The minimum Gasteiger partial charge on any atom is -0.493 e. The van der Waals surface area contributed by atoms with Crippen molar-refractivity contribution in [2.24, 2.45) is 10.7 Å². The van der Waals surface area contributed by atoms with Crippen molar-refractivity contribution in [3.63, 3.8) is 0 Å². The third kappa shape index (κ3) is 6.90. The molecule has 0 aliphatic rings. The van der Waals surface area contributed by atoms with Crippen molar-refractivity contribution in [3.8, 4) is 17.2 Å². The molecule has 0 aliphatic carbocycles. The van der Waals surface area contributed by atoms with E-state index in [1.54, 1.807) is 13.2 Å². The number of rotatable bonds is 8. The number of halogens is 3. The lowest BCUT2D eigenvalue weighted by molar-refractivity contribution is -0.274. The van der Waals surface area contributed by atoms with Crippen LogP contribution in [0.25, 0.3) is 0 Å². The van der Waals surface area contributed by atoms with Gasteiger partial charge in [-0.15, -0.1) is 13.2 Å². The highest BCUT2D eigenvalue weighted by Crippen LogP contribution is 2.28. The SMILES string of the molecule is CCOc1cc(CN=C(N)NCc2ccc(OC(F)(F)F)cc2)ccc1OC. The number of benzene rings is 2. The van der Waals surface area contributed by atoms with E-state index in [2.05, 4.69) is 15.0 Å². The van der Waals surface area contributed by atoms with Gasteiger partial charge in [-0.05, 0) is 42.3 Å². The first-order valence-electron chi connectivity index (χ1n) is 8.49. The fraction of sp³-hybridized carbons (Fsp3) is 0.316. The summed E-state index contributed by atoms with van der Waals surface area (Å²) in [5, 5.41) is 2.91. The minimum absolute atomic E-state index is 0.212. The fourth-order valence-electron chi connectivity index (χ4n) is 2.32. The summed E-state index contributed by atoms with van der Waals surface area (Å²) in [5.74, 6) is 1.20. The molecule has 2 aromatic rings. The summed E-state index contributed by atoms with van der Waals surface area (Å²) in [6, 6.07) is 11.0. The molecule has 0 amide bonds. The molecule has 3 N–H and O–H groups in total. The molecule has 9 heteroatoms. The molecule has 0 bridgehead atoms. The Balaban J connectivity index is 1.90. The van der Waals surface area contributed by atoms with E-state index in [0.717, 1.165) is 11.1 Å². The van der Waals surface area contributed by atoms with Crippen molar-refractivity contribution in [2.45, 2.75) is 26.4 Å². The highest BCUT2D eigenvalue weighted by Gasteiger charge is 2.30. The molecular weight excluding hydrogens is 375 g/mol. The van der Waals surface area contributed by atoms with E-state index in [9.17, 15) is 13.2 Å². The van der Waals surface area contributed by atoms with E-state index in [1.165, 1.54) is 24.3 Å². The summed E-state index contributed by atoms with van der Waals surface area (Å²) >= 11 is 0. The van der Waals surface area contributed by atoms with Crippen molar-refractivity contribution in [1.82, 2.24) is 5.32 Å². The summed E-state index contributed by atoms with van der Waals surface area (Å²) in [5.41, 5.74) is 7.47. The second-order valence-corrected chi connectivity index (χ2v) is 5.66. The summed E-state index contributed by atoms with van der Waals surface area (Å²) in [4.78, 5) is 4.25. The Labute approximate surface area is 161 Å². The lowest BCUT2D eigenvalue weighted by atomic mass is 10.2. The van der Waals surface area contributed by atoms with Crippen molar-refractivity contribution >= 4 is 5.96 Å². The van der Waals surface area contributed by atoms with E-state index in [-0.39, 0.29) is 11.7 Å². The number of nitrogens with two attached hydrogens (primary N) is 1. The topological polar surface area (TPSA) is 78.1 Å². The van der Waals surface area contributed by atoms with Gasteiger partial charge in [-0.1, -0.05) is 18.2 Å². The average Bonchev–Trinajstić information content (AvgIpc) is 2.65. The van der Waals surface area contributed by atoms with Crippen molar-refractivity contribution in [2.75, 3.05) is 13.7 Å². The van der Waals surface area contributed by atoms with Crippen LogP contribution in [0.3, 0.4) is 0 Å². The Bertz CT molecular complexity index is 793. The molecule has 0 aromatic heterocycles. The maximum atomic E-state index is 12.1. The van der Waals surface area contributed by atoms with E-state index in [0.29, 0.717) is 31.2 Å². The first-order valence-corrected chi connectivity index (χ1v) is 8.49. The van der Waals surface area contributed by atoms with Crippen LogP contribution in [-0.4, -0.2) is 26.0 Å². The monoisotopic (exact) mass is 397 g/mol. The highest BCUT2D eigenvalue weighted by atomic mass is 19.4. The van der Waals surface area contributed by atoms with Crippen molar-refractivity contribution in [3.05, 3.63) is 53.6 Å². The van der Waals surface area contributed by atoms with Gasteiger partial charge in [-0.25, -0.2) is 4.99 Å². The number of ether oxygens (including phenoxy) is 3. The van der Waals surface area contributed by atoms with E-state index >= 15 is 0 Å². The Kier molecular flexibility index (Phi) is 7.36. The molecule has 2 aromatic carbocycles. The van der Waals surface area contributed by atoms with Gasteiger partial charge >= 0.3 is 6.36 Å². The zero-order valence-electron chi connectivity index (χ0n) is 15.5. The van der Waals surface area contributed by atoms with Gasteiger partial charge in [0.25, 0.3) is 0 Å². The van der Waals surface area contributed by atoms with Crippen LogP contribution in [0.4, 0.5) is 13.2 Å². The lowest BCUT2D eigenvalue weighted by Crippen LogP contribution is -2.31. The maximum absolute atomic E-state index is 12.1. The predicted octanol–water partition coefficient (Wildman–Crippen LogP) is 3.60. The van der Waals surface area contributed by atoms with E-state index in [4.69, 9.17) is 15.2 Å². The van der Waals surface area contributed by atoms with Crippen LogP contribution >= 0.6 is 0 Å². The predicted molar refractivity (Wildman–Crippen MR) is 99.5 cm³/mol. The van der Waals surface area contributed by atoms with Gasteiger partial charge in [-0.3, -0.25) is 0 Å². The Hall–Kier alpha value is -3.10. The molecule has 0 unspecified atom stereocenters. The Morgan fingerprint density at radius 2 is 1.75 bits per heavy atom. The van der Waals surface area contributed by atoms with Crippen LogP contribution in [0.2, 0.25) is 0 Å². The molecule has 0 saturated heterocycles. The smallest absolute Gasteiger partial charge is 0.493 e. The number of hydrogen-bond donors (Lipinski definition) is 2. The first kappa shape index (κ1) is 21.2. The molecule has 2 rings (SSSR count). The van der Waals surface area contributed by atoms with Gasteiger partial charge in [0.1, 0.15) is 5.75 Å². The second kappa shape index (κ2) is 9.72. The van der Waals surface area contributed by atoms with Crippen LogP contribution in [0.15, 0.2) is 47.5 Å². The van der Waals surface area contributed by atoms with Crippen LogP contribution in [0.1, 0.15) is 18.1 Å². The number of nitrogens with one attached hydrogen (secondary N) is 1. The highest BCUT2D eigenvalue weighted by molar-refractivity contribution is 5.77. The summed E-state index contributed by atoms with van der Waals surface area (Å²) in [7, 11) is 1.57. The lowest BCUT2D eigenvalue weighted by Gasteiger charge is -2.11. The van der Waals surface area contributed by atoms with Crippen LogP contribution in [-0.2, 0) is 13.1 Å². The molecule has 152 valence electrons. The summed E-state index contributed by atoms with van der Waals surface area (Å²) in [6.45, 7) is 3.04. The molecular formula is C19H22F3N3O3. The van der Waals surface area contributed by atoms with Crippen LogP contribution < -0.4 is 25.3 Å². The van der Waals surface area contributed by atoms with Crippen LogP contribution in [0.5, 0.6) is 17.2 Å². The number of hydrogen-bond acceptors (Lipinski definition) is 4. The standard InChI is InChI=1S/C19H22F3N3O3/c1-3-27-17-10-14(6-9-16(17)26-2)12-25-18(23)24-11-13-4-7-15(8-5-13)28-19(20,21)22/h4-10H,3,11-12H2,1-2H3,(H3,23,24,25). The van der Waals surface area contributed by atoms with Crippen molar-refractivity contribution in [1.29, 1.82) is 0 Å². The first-order chi connectivity index (χ1) is 13.3. The summed E-state index contributed by atoms with van der Waals surface area (Å²) < 4.78 is 51.0. The quantitative estimate of drug-likeness (QED) is 0.526. The normalized spacial score (nSPS) is 11.8. The van der Waals surface area contributed by atoms with Gasteiger partial charge in [0.05, 0.1) is 20.3 Å².